The minimum absolute atomic E-state index is 0.100. The van der Waals surface area contributed by atoms with Crippen molar-refractivity contribution in [2.45, 2.75) is 38.7 Å². The van der Waals surface area contributed by atoms with Gasteiger partial charge in [0.25, 0.3) is 0 Å². The molecule has 0 aromatic carbocycles. The van der Waals surface area contributed by atoms with Gasteiger partial charge in [0, 0.05) is 19.4 Å². The fraction of sp³-hybridized carbons (Fsp3) is 0.778. The van der Waals surface area contributed by atoms with Crippen molar-refractivity contribution in [1.82, 2.24) is 4.90 Å². The third-order valence-corrected chi connectivity index (χ3v) is 2.15. The van der Waals surface area contributed by atoms with Crippen LogP contribution >= 0.6 is 0 Å². The standard InChI is InChI=1S/C9H15NO3/c1-7(11)5-6-10-8(12)3-2-4-9(10)13/h7,11H,2-6H2,1H3. The van der Waals surface area contributed by atoms with Crippen LogP contribution in [0.4, 0.5) is 0 Å². The molecule has 1 fully saturated rings. The highest BCUT2D eigenvalue weighted by molar-refractivity contribution is 5.97. The van der Waals surface area contributed by atoms with Crippen LogP contribution < -0.4 is 0 Å². The van der Waals surface area contributed by atoms with Gasteiger partial charge in [-0.1, -0.05) is 0 Å². The molecular weight excluding hydrogens is 170 g/mol. The maximum absolute atomic E-state index is 11.2. The largest absolute Gasteiger partial charge is 0.393 e. The van der Waals surface area contributed by atoms with Gasteiger partial charge in [-0.25, -0.2) is 0 Å². The average molecular weight is 185 g/mol. The Morgan fingerprint density at radius 1 is 1.38 bits per heavy atom. The number of carbonyl (C=O) groups excluding carboxylic acids is 2. The summed E-state index contributed by atoms with van der Waals surface area (Å²) in [5, 5.41) is 9.01. The van der Waals surface area contributed by atoms with Gasteiger partial charge in [-0.15, -0.1) is 0 Å². The molecule has 13 heavy (non-hydrogen) atoms. The Hall–Kier alpha value is -0.900. The first-order valence-corrected chi connectivity index (χ1v) is 4.62. The van der Waals surface area contributed by atoms with E-state index in [0.717, 1.165) is 0 Å². The number of aliphatic hydroxyl groups is 1. The van der Waals surface area contributed by atoms with Crippen molar-refractivity contribution in [3.63, 3.8) is 0 Å². The average Bonchev–Trinajstić information content (AvgIpc) is 2.03. The van der Waals surface area contributed by atoms with Crippen LogP contribution in [0.25, 0.3) is 0 Å². The van der Waals surface area contributed by atoms with Crippen molar-refractivity contribution in [3.8, 4) is 0 Å². The number of carbonyl (C=O) groups is 2. The van der Waals surface area contributed by atoms with E-state index in [0.29, 0.717) is 32.2 Å². The van der Waals surface area contributed by atoms with Crippen molar-refractivity contribution in [2.75, 3.05) is 6.54 Å². The number of likely N-dealkylation sites (tertiary alicyclic amines) is 1. The quantitative estimate of drug-likeness (QED) is 0.643. The molecule has 1 rings (SSSR count). The lowest BCUT2D eigenvalue weighted by atomic mass is 10.1. The van der Waals surface area contributed by atoms with Crippen molar-refractivity contribution in [2.24, 2.45) is 0 Å². The van der Waals surface area contributed by atoms with Crippen LogP contribution in [0.15, 0.2) is 0 Å². The summed E-state index contributed by atoms with van der Waals surface area (Å²) < 4.78 is 0. The van der Waals surface area contributed by atoms with Gasteiger partial charge in [-0.05, 0) is 19.8 Å². The maximum atomic E-state index is 11.2. The van der Waals surface area contributed by atoms with Crippen LogP contribution in [0.3, 0.4) is 0 Å². The van der Waals surface area contributed by atoms with E-state index in [1.54, 1.807) is 6.92 Å². The zero-order valence-corrected chi connectivity index (χ0v) is 7.82. The second-order valence-corrected chi connectivity index (χ2v) is 3.43. The number of hydrogen-bond donors (Lipinski definition) is 1. The van der Waals surface area contributed by atoms with E-state index in [9.17, 15) is 9.59 Å². The lowest BCUT2D eigenvalue weighted by Crippen LogP contribution is -2.41. The monoisotopic (exact) mass is 185 g/mol. The molecule has 0 aromatic rings. The van der Waals surface area contributed by atoms with Crippen molar-refractivity contribution >= 4 is 11.8 Å². The molecule has 1 N–H and O–H groups in total. The van der Waals surface area contributed by atoms with E-state index in [-0.39, 0.29) is 11.8 Å². The van der Waals surface area contributed by atoms with E-state index >= 15 is 0 Å². The normalized spacial score (nSPS) is 20.6. The first kappa shape index (κ1) is 10.2. The summed E-state index contributed by atoms with van der Waals surface area (Å²) in [5.41, 5.74) is 0. The first-order valence-electron chi connectivity index (χ1n) is 4.62. The number of piperidine rings is 1. The van der Waals surface area contributed by atoms with Crippen molar-refractivity contribution in [3.05, 3.63) is 0 Å². The molecule has 1 unspecified atom stereocenters. The highest BCUT2D eigenvalue weighted by Crippen LogP contribution is 2.12. The molecule has 0 aliphatic carbocycles. The molecule has 0 radical (unpaired) electrons. The zero-order valence-electron chi connectivity index (χ0n) is 7.82. The van der Waals surface area contributed by atoms with Gasteiger partial charge < -0.3 is 5.11 Å². The molecule has 74 valence electrons. The van der Waals surface area contributed by atoms with Gasteiger partial charge in [-0.3, -0.25) is 14.5 Å². The second-order valence-electron chi connectivity index (χ2n) is 3.43. The van der Waals surface area contributed by atoms with Gasteiger partial charge in [0.05, 0.1) is 6.10 Å². The Bertz CT molecular complexity index is 197. The topological polar surface area (TPSA) is 57.6 Å². The van der Waals surface area contributed by atoms with Gasteiger partial charge in [0.1, 0.15) is 0 Å². The Labute approximate surface area is 77.5 Å². The molecule has 0 saturated carbocycles. The summed E-state index contributed by atoms with van der Waals surface area (Å²) in [6.07, 6.45) is 1.61. The van der Waals surface area contributed by atoms with Gasteiger partial charge >= 0.3 is 0 Å². The predicted molar refractivity (Wildman–Crippen MR) is 46.9 cm³/mol. The van der Waals surface area contributed by atoms with E-state index in [1.807, 2.05) is 0 Å². The van der Waals surface area contributed by atoms with Crippen LogP contribution in [-0.4, -0.2) is 34.5 Å². The molecule has 1 aliphatic rings. The second kappa shape index (κ2) is 4.37. The molecule has 1 heterocycles. The van der Waals surface area contributed by atoms with E-state index in [4.69, 9.17) is 5.11 Å². The molecule has 0 aromatic heterocycles. The van der Waals surface area contributed by atoms with Gasteiger partial charge in [0.2, 0.25) is 11.8 Å². The van der Waals surface area contributed by atoms with Crippen LogP contribution in [0.1, 0.15) is 32.6 Å². The van der Waals surface area contributed by atoms with Gasteiger partial charge in [0.15, 0.2) is 0 Å². The van der Waals surface area contributed by atoms with E-state index in [1.165, 1.54) is 4.90 Å². The highest BCUT2D eigenvalue weighted by Gasteiger charge is 2.25. The third-order valence-electron chi connectivity index (χ3n) is 2.15. The third kappa shape index (κ3) is 2.81. The smallest absolute Gasteiger partial charge is 0.229 e. The fourth-order valence-corrected chi connectivity index (χ4v) is 1.37. The maximum Gasteiger partial charge on any atom is 0.229 e. The summed E-state index contributed by atoms with van der Waals surface area (Å²) in [7, 11) is 0. The first-order chi connectivity index (χ1) is 6.11. The Morgan fingerprint density at radius 3 is 2.38 bits per heavy atom. The molecule has 1 atom stereocenters. The molecule has 0 spiro atoms. The van der Waals surface area contributed by atoms with E-state index in [2.05, 4.69) is 0 Å². The molecule has 4 heteroatoms. The zero-order chi connectivity index (χ0) is 9.84. The minimum atomic E-state index is -0.456. The van der Waals surface area contributed by atoms with Crippen LogP contribution in [0, 0.1) is 0 Å². The van der Waals surface area contributed by atoms with Crippen LogP contribution in [-0.2, 0) is 9.59 Å². The molecular formula is C9H15NO3. The number of amides is 2. The fourth-order valence-electron chi connectivity index (χ4n) is 1.37. The Morgan fingerprint density at radius 2 is 1.92 bits per heavy atom. The molecule has 1 aliphatic heterocycles. The van der Waals surface area contributed by atoms with E-state index < -0.39 is 6.10 Å². The summed E-state index contributed by atoms with van der Waals surface area (Å²) in [4.78, 5) is 23.7. The predicted octanol–water partition coefficient (Wildman–Crippen LogP) is 0.296. The summed E-state index contributed by atoms with van der Waals surface area (Å²) >= 11 is 0. The lowest BCUT2D eigenvalue weighted by Gasteiger charge is -2.25. The number of aliphatic hydroxyl groups excluding tert-OH is 1. The minimum Gasteiger partial charge on any atom is -0.393 e. The number of hydrogen-bond acceptors (Lipinski definition) is 3. The summed E-state index contributed by atoms with van der Waals surface area (Å²) in [6.45, 7) is 2.01. The Kier molecular flexibility index (Phi) is 3.42. The molecule has 2 amide bonds. The highest BCUT2D eigenvalue weighted by atomic mass is 16.3. The van der Waals surface area contributed by atoms with Crippen molar-refractivity contribution in [1.29, 1.82) is 0 Å². The molecule has 4 nitrogen and oxygen atoms in total. The van der Waals surface area contributed by atoms with Crippen LogP contribution in [0.5, 0.6) is 0 Å². The number of nitrogens with zero attached hydrogens (tertiary/aromatic N) is 1. The number of rotatable bonds is 3. The molecule has 0 bridgehead atoms. The summed E-state index contributed by atoms with van der Waals surface area (Å²) in [6, 6.07) is 0. The Balaban J connectivity index is 2.44. The van der Waals surface area contributed by atoms with Gasteiger partial charge in [-0.2, -0.15) is 0 Å². The number of imide groups is 1. The SMILES string of the molecule is CC(O)CCN1C(=O)CCCC1=O. The summed E-state index contributed by atoms with van der Waals surface area (Å²) in [5.74, 6) is -0.200. The van der Waals surface area contributed by atoms with Crippen LogP contribution in [0.2, 0.25) is 0 Å². The lowest BCUT2D eigenvalue weighted by molar-refractivity contribution is -0.148. The van der Waals surface area contributed by atoms with Crippen molar-refractivity contribution < 1.29 is 14.7 Å². The molecule has 1 saturated heterocycles.